The Kier molecular flexibility index (Phi) is 69.3. The van der Waals surface area contributed by atoms with Gasteiger partial charge in [-0.3, -0.25) is 19.4 Å². The number of carbonyl (C=O) groups is 2. The molecule has 12 nitrogen and oxygen atoms in total. The fraction of sp³-hybridized carbons (Fsp3) is 0.974. The number of amides is 2. The average Bonchev–Trinajstić information content (AvgIpc) is 3.65. The molecule has 4 unspecified atom stereocenters. The number of carbonyl (C=O) groups excluding carboxylic acids is 2. The zero-order valence-electron chi connectivity index (χ0n) is 61.4. The highest BCUT2D eigenvalue weighted by Gasteiger charge is 2.19. The molecule has 0 aliphatic heterocycles. The first-order chi connectivity index (χ1) is 43.9. The number of likely N-dealkylation sites (N-methyl/N-ethyl adjacent to an activating group) is 2. The van der Waals surface area contributed by atoms with Crippen LogP contribution in [0, 0.1) is 0 Å². The summed E-state index contributed by atoms with van der Waals surface area (Å²) in [5.74, 6) is -0.0716. The number of aliphatic hydroxyl groups excluding tert-OH is 4. The van der Waals surface area contributed by atoms with Gasteiger partial charge in [0.1, 0.15) is 0 Å². The molecule has 6 N–H and O–H groups in total. The highest BCUT2D eigenvalue weighted by molar-refractivity contribution is 5.77. The molecule has 0 aromatic rings. The molecule has 0 saturated carbocycles. The Labute approximate surface area is 560 Å². The van der Waals surface area contributed by atoms with Crippen molar-refractivity contribution >= 4 is 11.8 Å². The van der Waals surface area contributed by atoms with E-state index in [9.17, 15) is 30.0 Å². The molecule has 2 amide bonds. The molecule has 0 aliphatic carbocycles. The minimum atomic E-state index is -0.408. The van der Waals surface area contributed by atoms with Crippen LogP contribution in [0.1, 0.15) is 374 Å². The third-order valence-corrected chi connectivity index (χ3v) is 19.2. The summed E-state index contributed by atoms with van der Waals surface area (Å²) in [6.07, 6.45) is 64.9. The van der Waals surface area contributed by atoms with Crippen LogP contribution in [-0.4, -0.2) is 169 Å². The zero-order valence-corrected chi connectivity index (χ0v) is 61.4. The Bertz CT molecular complexity index is 1270. The molecule has 0 aromatic carbocycles. The van der Waals surface area contributed by atoms with Gasteiger partial charge in [-0.05, 0) is 39.8 Å². The van der Waals surface area contributed by atoms with Gasteiger partial charge in [0, 0.05) is 91.4 Å². The quantitative estimate of drug-likeness (QED) is 0.0325. The lowest BCUT2D eigenvalue weighted by Crippen LogP contribution is -2.43. The van der Waals surface area contributed by atoms with Gasteiger partial charge in [-0.15, -0.1) is 0 Å². The Hall–Kier alpha value is -1.38. The van der Waals surface area contributed by atoms with Crippen molar-refractivity contribution in [2.75, 3.05) is 92.6 Å². The standard InChI is InChI=1S/C78H160N6O6/c1-7-11-15-19-23-27-31-35-39-43-47-51-55-73(85)69-83(70-74(86)56-52-48-44-40-36-32-28-24-20-16-12-8-2)67-65-81(5)63-59-77(89)79-61-62-80-78(90)60-64-82(6)66-68-84(71-75(87)57-53-49-45-41-37-33-29-25-21-17-13-9-3)72-76(88)58-54-50-46-42-38-34-30-26-22-18-14-10-4/h73-76,85-88H,7-72H2,1-6H3,(H,79,89)(H,80,90). The van der Waals surface area contributed by atoms with Crippen LogP contribution < -0.4 is 10.6 Å². The van der Waals surface area contributed by atoms with E-state index in [1.54, 1.807) is 0 Å². The smallest absolute Gasteiger partial charge is 0.221 e. The maximum Gasteiger partial charge on any atom is 0.221 e. The van der Waals surface area contributed by atoms with E-state index in [-0.39, 0.29) is 11.8 Å². The summed E-state index contributed by atoms with van der Waals surface area (Å²) in [7, 11) is 4.08. The lowest BCUT2D eigenvalue weighted by Gasteiger charge is -2.29. The summed E-state index contributed by atoms with van der Waals surface area (Å²) in [4.78, 5) is 34.7. The van der Waals surface area contributed by atoms with E-state index < -0.39 is 24.4 Å². The second-order valence-corrected chi connectivity index (χ2v) is 28.7. The van der Waals surface area contributed by atoms with Crippen molar-refractivity contribution in [3.8, 4) is 0 Å². The first kappa shape index (κ1) is 88.6. The summed E-state index contributed by atoms with van der Waals surface area (Å²) in [5.41, 5.74) is 0. The number of hydrogen-bond acceptors (Lipinski definition) is 10. The summed E-state index contributed by atoms with van der Waals surface area (Å²) in [5, 5.41) is 50.8. The van der Waals surface area contributed by atoms with Crippen molar-refractivity contribution in [3.05, 3.63) is 0 Å². The van der Waals surface area contributed by atoms with Crippen molar-refractivity contribution in [2.24, 2.45) is 0 Å². The number of hydrogen-bond donors (Lipinski definition) is 6. The number of nitrogens with zero attached hydrogens (tertiary/aromatic N) is 4. The van der Waals surface area contributed by atoms with E-state index in [0.717, 1.165) is 77.5 Å². The van der Waals surface area contributed by atoms with Crippen LogP contribution in [0.5, 0.6) is 0 Å². The van der Waals surface area contributed by atoms with Crippen molar-refractivity contribution in [2.45, 2.75) is 399 Å². The first-order valence-corrected chi connectivity index (χ1v) is 40.0. The molecule has 538 valence electrons. The van der Waals surface area contributed by atoms with Crippen LogP contribution in [0.25, 0.3) is 0 Å². The van der Waals surface area contributed by atoms with Gasteiger partial charge >= 0.3 is 0 Å². The molecule has 0 heterocycles. The van der Waals surface area contributed by atoms with Crippen molar-refractivity contribution < 1.29 is 30.0 Å². The maximum absolute atomic E-state index is 12.9. The van der Waals surface area contributed by atoms with Gasteiger partial charge in [0.2, 0.25) is 11.8 Å². The van der Waals surface area contributed by atoms with E-state index in [1.165, 1.54) is 283 Å². The Morgan fingerprint density at radius 3 is 0.633 bits per heavy atom. The summed E-state index contributed by atoms with van der Waals surface area (Å²) in [6.45, 7) is 16.3. The second kappa shape index (κ2) is 70.4. The van der Waals surface area contributed by atoms with E-state index >= 15 is 0 Å². The van der Waals surface area contributed by atoms with Crippen molar-refractivity contribution in [1.29, 1.82) is 0 Å². The van der Waals surface area contributed by atoms with Gasteiger partial charge in [0.25, 0.3) is 0 Å². The van der Waals surface area contributed by atoms with Crippen molar-refractivity contribution in [1.82, 2.24) is 30.2 Å². The molecule has 0 aliphatic rings. The maximum atomic E-state index is 12.9. The largest absolute Gasteiger partial charge is 0.392 e. The third-order valence-electron chi connectivity index (χ3n) is 19.2. The van der Waals surface area contributed by atoms with E-state index in [0.29, 0.717) is 65.2 Å². The predicted molar refractivity (Wildman–Crippen MR) is 390 cm³/mol. The highest BCUT2D eigenvalue weighted by Crippen LogP contribution is 2.19. The van der Waals surface area contributed by atoms with Gasteiger partial charge < -0.3 is 40.9 Å². The molecule has 90 heavy (non-hydrogen) atoms. The van der Waals surface area contributed by atoms with Crippen LogP contribution in [-0.2, 0) is 9.59 Å². The molecular formula is C78H160N6O6. The lowest BCUT2D eigenvalue weighted by atomic mass is 10.0. The van der Waals surface area contributed by atoms with E-state index in [2.05, 4.69) is 57.9 Å². The average molecular weight is 1280 g/mol. The monoisotopic (exact) mass is 1280 g/mol. The Balaban J connectivity index is 4.88. The predicted octanol–water partition coefficient (Wildman–Crippen LogP) is 18.3. The summed E-state index contributed by atoms with van der Waals surface area (Å²) >= 11 is 0. The fourth-order valence-electron chi connectivity index (χ4n) is 13.0. The molecule has 0 radical (unpaired) electrons. The van der Waals surface area contributed by atoms with E-state index in [1.807, 2.05) is 14.1 Å². The molecule has 0 spiro atoms. The third kappa shape index (κ3) is 66.6. The molecular weight excluding hydrogens is 1120 g/mol. The number of rotatable bonds is 75. The lowest BCUT2D eigenvalue weighted by molar-refractivity contribution is -0.123. The molecule has 0 fully saturated rings. The van der Waals surface area contributed by atoms with Gasteiger partial charge in [0.15, 0.2) is 0 Å². The molecule has 0 bridgehead atoms. The first-order valence-electron chi connectivity index (χ1n) is 40.0. The SMILES string of the molecule is CCCCCCCCCCCCCCC(O)CN(CCN(C)CCC(=O)NCCNC(=O)CCN(C)CCN(CC(O)CCCCCCCCCCCCCC)CC(O)CCCCCCCCCCCCCC)CC(O)CCCCCCCCCCCCCC. The van der Waals surface area contributed by atoms with Gasteiger partial charge in [0.05, 0.1) is 24.4 Å². The van der Waals surface area contributed by atoms with Gasteiger partial charge in [-0.25, -0.2) is 0 Å². The molecule has 12 heteroatoms. The summed E-state index contributed by atoms with van der Waals surface area (Å²) < 4.78 is 0. The van der Waals surface area contributed by atoms with Crippen LogP contribution in [0.15, 0.2) is 0 Å². The minimum absolute atomic E-state index is 0.0358. The Morgan fingerprint density at radius 2 is 0.444 bits per heavy atom. The highest BCUT2D eigenvalue weighted by atomic mass is 16.3. The molecule has 0 rings (SSSR count). The van der Waals surface area contributed by atoms with Gasteiger partial charge in [-0.2, -0.15) is 0 Å². The Morgan fingerprint density at radius 1 is 0.267 bits per heavy atom. The van der Waals surface area contributed by atoms with Crippen molar-refractivity contribution in [3.63, 3.8) is 0 Å². The zero-order chi connectivity index (χ0) is 65.9. The van der Waals surface area contributed by atoms with Gasteiger partial charge in [-0.1, -0.05) is 336 Å². The second-order valence-electron chi connectivity index (χ2n) is 28.7. The molecule has 0 aromatic heterocycles. The molecule has 0 saturated heterocycles. The number of aliphatic hydroxyl groups is 4. The number of unbranched alkanes of at least 4 members (excludes halogenated alkanes) is 44. The summed E-state index contributed by atoms with van der Waals surface area (Å²) in [6, 6.07) is 0. The molecule has 4 atom stereocenters. The van der Waals surface area contributed by atoms with Crippen LogP contribution in [0.3, 0.4) is 0 Å². The minimum Gasteiger partial charge on any atom is -0.392 e. The van der Waals surface area contributed by atoms with Crippen LogP contribution in [0.4, 0.5) is 0 Å². The van der Waals surface area contributed by atoms with Crippen LogP contribution >= 0.6 is 0 Å². The normalized spacial score (nSPS) is 13.4. The number of nitrogens with one attached hydrogen (secondary N) is 2. The topological polar surface area (TPSA) is 152 Å². The van der Waals surface area contributed by atoms with Crippen LogP contribution in [0.2, 0.25) is 0 Å². The fourth-order valence-corrected chi connectivity index (χ4v) is 13.0. The van der Waals surface area contributed by atoms with E-state index in [4.69, 9.17) is 0 Å².